The summed E-state index contributed by atoms with van der Waals surface area (Å²) in [4.78, 5) is 25.3. The Morgan fingerprint density at radius 3 is 2.72 bits per heavy atom. The molecule has 1 aromatic carbocycles. The molecule has 0 saturated heterocycles. The van der Waals surface area contributed by atoms with Gasteiger partial charge in [-0.15, -0.1) is 0 Å². The van der Waals surface area contributed by atoms with Gasteiger partial charge in [-0.2, -0.15) is 0 Å². The van der Waals surface area contributed by atoms with Crippen molar-refractivity contribution in [1.29, 1.82) is 0 Å². The average molecular weight is 380 g/mol. The van der Waals surface area contributed by atoms with Gasteiger partial charge in [0.1, 0.15) is 0 Å². The van der Waals surface area contributed by atoms with Gasteiger partial charge in [-0.05, 0) is 44.4 Å². The molecule has 3 rings (SSSR count). The standard InChI is InChI=1S/C19H19Cl2NO3/c1-3-25-19(24)16-10(2)22-14-5-4-6-15(23)18(14)17(16)11-7-8-12(20)13(21)9-11/h7-9,17,22H,3-6H2,1-2H3. The molecule has 1 aliphatic carbocycles. The Labute approximate surface area is 156 Å². The molecule has 1 atom stereocenters. The number of rotatable bonds is 3. The number of hydrogen-bond acceptors (Lipinski definition) is 4. The largest absolute Gasteiger partial charge is 0.463 e. The lowest BCUT2D eigenvalue weighted by atomic mass is 9.75. The fourth-order valence-electron chi connectivity index (χ4n) is 3.49. The zero-order valence-corrected chi connectivity index (χ0v) is 15.6. The highest BCUT2D eigenvalue weighted by molar-refractivity contribution is 6.42. The fraction of sp³-hybridized carbons (Fsp3) is 0.368. The zero-order valence-electron chi connectivity index (χ0n) is 14.1. The van der Waals surface area contributed by atoms with Gasteiger partial charge in [-0.3, -0.25) is 4.79 Å². The molecule has 0 aromatic heterocycles. The summed E-state index contributed by atoms with van der Waals surface area (Å²) in [6.07, 6.45) is 2.07. The molecule has 132 valence electrons. The number of ketones is 1. The number of carbonyl (C=O) groups excluding carboxylic acids is 2. The van der Waals surface area contributed by atoms with Crippen LogP contribution in [0.4, 0.5) is 0 Å². The second-order valence-electron chi connectivity index (χ2n) is 6.16. The van der Waals surface area contributed by atoms with Crippen molar-refractivity contribution in [2.24, 2.45) is 0 Å². The van der Waals surface area contributed by atoms with Crippen LogP contribution in [0, 0.1) is 0 Å². The van der Waals surface area contributed by atoms with E-state index in [1.54, 1.807) is 19.1 Å². The number of hydrogen-bond donors (Lipinski definition) is 1. The van der Waals surface area contributed by atoms with Gasteiger partial charge in [0.05, 0.1) is 22.2 Å². The summed E-state index contributed by atoms with van der Waals surface area (Å²) in [7, 11) is 0. The third kappa shape index (κ3) is 3.33. The highest BCUT2D eigenvalue weighted by atomic mass is 35.5. The monoisotopic (exact) mass is 379 g/mol. The van der Waals surface area contributed by atoms with Crippen molar-refractivity contribution >= 4 is 35.0 Å². The van der Waals surface area contributed by atoms with Crippen LogP contribution in [0.25, 0.3) is 0 Å². The molecular formula is C19H19Cl2NO3. The molecule has 1 unspecified atom stereocenters. The highest BCUT2D eigenvalue weighted by Crippen LogP contribution is 2.43. The number of esters is 1. The van der Waals surface area contributed by atoms with E-state index in [2.05, 4.69) is 5.32 Å². The molecule has 1 aliphatic heterocycles. The van der Waals surface area contributed by atoms with Crippen LogP contribution in [-0.2, 0) is 14.3 Å². The summed E-state index contributed by atoms with van der Waals surface area (Å²) in [6.45, 7) is 3.86. The number of ether oxygens (including phenoxy) is 1. The van der Waals surface area contributed by atoms with Crippen molar-refractivity contribution in [3.8, 4) is 0 Å². The maximum Gasteiger partial charge on any atom is 0.336 e. The summed E-state index contributed by atoms with van der Waals surface area (Å²) in [6, 6.07) is 5.22. The molecule has 0 fully saturated rings. The van der Waals surface area contributed by atoms with Crippen LogP contribution in [0.2, 0.25) is 10.0 Å². The van der Waals surface area contributed by atoms with Gasteiger partial charge in [-0.1, -0.05) is 29.3 Å². The van der Waals surface area contributed by atoms with Crippen molar-refractivity contribution < 1.29 is 14.3 Å². The second kappa shape index (κ2) is 7.22. The van der Waals surface area contributed by atoms with E-state index in [0.29, 0.717) is 33.3 Å². The van der Waals surface area contributed by atoms with E-state index in [4.69, 9.17) is 27.9 Å². The van der Waals surface area contributed by atoms with Crippen LogP contribution in [0.3, 0.4) is 0 Å². The maximum atomic E-state index is 12.7. The van der Waals surface area contributed by atoms with E-state index >= 15 is 0 Å². The van der Waals surface area contributed by atoms with E-state index in [9.17, 15) is 9.59 Å². The molecule has 0 radical (unpaired) electrons. The molecule has 1 heterocycles. The third-order valence-corrected chi connectivity index (χ3v) is 5.29. The summed E-state index contributed by atoms with van der Waals surface area (Å²) < 4.78 is 5.24. The Hall–Kier alpha value is -1.78. The first kappa shape index (κ1) is 18.0. The minimum Gasteiger partial charge on any atom is -0.463 e. The van der Waals surface area contributed by atoms with E-state index in [1.807, 2.05) is 13.0 Å². The number of allylic oxidation sites excluding steroid dienone is 3. The topological polar surface area (TPSA) is 55.4 Å². The van der Waals surface area contributed by atoms with Gasteiger partial charge >= 0.3 is 5.97 Å². The lowest BCUT2D eigenvalue weighted by molar-refractivity contribution is -0.138. The third-order valence-electron chi connectivity index (χ3n) is 4.55. The van der Waals surface area contributed by atoms with Gasteiger partial charge in [0.15, 0.2) is 5.78 Å². The molecule has 0 bridgehead atoms. The lowest BCUT2D eigenvalue weighted by Gasteiger charge is -2.34. The molecule has 0 saturated carbocycles. The Bertz CT molecular complexity index is 811. The zero-order chi connectivity index (χ0) is 18.1. The van der Waals surface area contributed by atoms with Crippen LogP contribution in [0.5, 0.6) is 0 Å². The lowest BCUT2D eigenvalue weighted by Crippen LogP contribution is -2.34. The van der Waals surface area contributed by atoms with E-state index < -0.39 is 11.9 Å². The Balaban J connectivity index is 2.18. The predicted molar refractivity (Wildman–Crippen MR) is 97.6 cm³/mol. The van der Waals surface area contributed by atoms with Gasteiger partial charge in [0.2, 0.25) is 0 Å². The molecule has 2 aliphatic rings. The SMILES string of the molecule is CCOC(=O)C1=C(C)NC2=C(C(=O)CCC2)C1c1ccc(Cl)c(Cl)c1. The van der Waals surface area contributed by atoms with Crippen molar-refractivity contribution in [2.75, 3.05) is 6.61 Å². The summed E-state index contributed by atoms with van der Waals surface area (Å²) in [5, 5.41) is 4.07. The number of nitrogens with one attached hydrogen (secondary N) is 1. The molecule has 4 nitrogen and oxygen atoms in total. The summed E-state index contributed by atoms with van der Waals surface area (Å²) >= 11 is 12.2. The number of dihydropyridines is 1. The molecular weight excluding hydrogens is 361 g/mol. The minimum atomic E-state index is -0.488. The highest BCUT2D eigenvalue weighted by Gasteiger charge is 2.39. The van der Waals surface area contributed by atoms with Crippen LogP contribution in [0.15, 0.2) is 40.7 Å². The van der Waals surface area contributed by atoms with Gasteiger partial charge in [0, 0.05) is 29.3 Å². The van der Waals surface area contributed by atoms with Crippen molar-refractivity contribution in [3.05, 3.63) is 56.3 Å². The molecule has 1 N–H and O–H groups in total. The van der Waals surface area contributed by atoms with Crippen molar-refractivity contribution in [3.63, 3.8) is 0 Å². The second-order valence-corrected chi connectivity index (χ2v) is 6.97. The molecule has 6 heteroatoms. The quantitative estimate of drug-likeness (QED) is 0.784. The van der Waals surface area contributed by atoms with Crippen LogP contribution in [0.1, 0.15) is 44.6 Å². The molecule has 1 aromatic rings. The molecule has 25 heavy (non-hydrogen) atoms. The predicted octanol–water partition coefficient (Wildman–Crippen LogP) is 4.52. The maximum absolute atomic E-state index is 12.7. The van der Waals surface area contributed by atoms with E-state index in [1.165, 1.54) is 0 Å². The Morgan fingerprint density at radius 1 is 1.28 bits per heavy atom. The smallest absolute Gasteiger partial charge is 0.336 e. The van der Waals surface area contributed by atoms with Gasteiger partial charge < -0.3 is 10.1 Å². The number of carbonyl (C=O) groups is 2. The van der Waals surface area contributed by atoms with Crippen molar-refractivity contribution in [2.45, 2.75) is 39.0 Å². The number of benzene rings is 1. The Kier molecular flexibility index (Phi) is 5.21. The number of halogens is 2. The first-order valence-corrected chi connectivity index (χ1v) is 9.05. The summed E-state index contributed by atoms with van der Waals surface area (Å²) in [5.74, 6) is -0.856. The summed E-state index contributed by atoms with van der Waals surface area (Å²) in [5.41, 5.74) is 3.45. The van der Waals surface area contributed by atoms with Gasteiger partial charge in [0.25, 0.3) is 0 Å². The van der Waals surface area contributed by atoms with E-state index in [-0.39, 0.29) is 12.4 Å². The Morgan fingerprint density at radius 2 is 2.04 bits per heavy atom. The first-order valence-electron chi connectivity index (χ1n) is 8.30. The first-order chi connectivity index (χ1) is 11.9. The van der Waals surface area contributed by atoms with Crippen molar-refractivity contribution in [1.82, 2.24) is 5.32 Å². The number of Topliss-reactive ketones (excluding diaryl/α,β-unsaturated/α-hetero) is 1. The van der Waals surface area contributed by atoms with E-state index in [0.717, 1.165) is 24.1 Å². The van der Waals surface area contributed by atoms with Crippen LogP contribution < -0.4 is 5.32 Å². The average Bonchev–Trinajstić information content (AvgIpc) is 2.56. The fourth-order valence-corrected chi connectivity index (χ4v) is 3.79. The minimum absolute atomic E-state index is 0.0547. The van der Waals surface area contributed by atoms with Crippen LogP contribution >= 0.6 is 23.2 Å². The molecule has 0 amide bonds. The normalized spacial score (nSPS) is 20.3. The molecule has 0 spiro atoms. The van der Waals surface area contributed by atoms with Gasteiger partial charge in [-0.25, -0.2) is 4.79 Å². The van der Waals surface area contributed by atoms with Crippen LogP contribution in [-0.4, -0.2) is 18.4 Å².